The van der Waals surface area contributed by atoms with Crippen molar-refractivity contribution in [1.29, 1.82) is 0 Å². The fraction of sp³-hybridized carbons (Fsp3) is 0.0769. The molecule has 0 atom stereocenters. The number of hydrogen-bond acceptors (Lipinski definition) is 4. The third-order valence-electron chi connectivity index (χ3n) is 2.20. The highest BCUT2D eigenvalue weighted by molar-refractivity contribution is 7.11. The number of anilines is 1. The van der Waals surface area contributed by atoms with Crippen LogP contribution in [0.3, 0.4) is 0 Å². The first-order chi connectivity index (χ1) is 9.54. The van der Waals surface area contributed by atoms with Crippen LogP contribution in [-0.4, -0.2) is 18.5 Å². The zero-order valence-electron chi connectivity index (χ0n) is 10.1. The largest absolute Gasteiger partial charge is 0.451 e. The number of esters is 1. The monoisotopic (exact) mass is 329 g/mol. The van der Waals surface area contributed by atoms with Gasteiger partial charge in [-0.25, -0.2) is 4.79 Å². The van der Waals surface area contributed by atoms with Crippen LogP contribution in [0, 0.1) is 0 Å². The van der Waals surface area contributed by atoms with E-state index < -0.39 is 11.9 Å². The minimum Gasteiger partial charge on any atom is -0.451 e. The van der Waals surface area contributed by atoms with Gasteiger partial charge in [0.25, 0.3) is 5.91 Å². The summed E-state index contributed by atoms with van der Waals surface area (Å²) in [6.45, 7) is -0.374. The SMILES string of the molecule is O=C(COC(=O)c1cccs1)Nc1cc(Cl)cc(Cl)c1. The second-order valence-electron chi connectivity index (χ2n) is 3.76. The number of thiophene rings is 1. The highest BCUT2D eigenvalue weighted by atomic mass is 35.5. The standard InChI is InChI=1S/C13H9Cl2NO3S/c14-8-4-9(15)6-10(5-8)16-12(17)7-19-13(18)11-2-1-3-20-11/h1-6H,7H2,(H,16,17). The average molecular weight is 330 g/mol. The molecule has 104 valence electrons. The molecule has 1 heterocycles. The van der Waals surface area contributed by atoms with Gasteiger partial charge >= 0.3 is 5.97 Å². The normalized spacial score (nSPS) is 10.1. The van der Waals surface area contributed by atoms with E-state index in [-0.39, 0.29) is 6.61 Å². The molecule has 0 aliphatic rings. The van der Waals surface area contributed by atoms with Crippen molar-refractivity contribution >= 4 is 52.1 Å². The third-order valence-corrected chi connectivity index (χ3v) is 3.49. The van der Waals surface area contributed by atoms with Gasteiger partial charge in [-0.1, -0.05) is 29.3 Å². The van der Waals surface area contributed by atoms with Crippen molar-refractivity contribution in [2.75, 3.05) is 11.9 Å². The molecule has 0 unspecified atom stereocenters. The van der Waals surface area contributed by atoms with Crippen molar-refractivity contribution in [3.8, 4) is 0 Å². The smallest absolute Gasteiger partial charge is 0.348 e. The van der Waals surface area contributed by atoms with Gasteiger partial charge < -0.3 is 10.1 Å². The number of ether oxygens (including phenoxy) is 1. The number of benzene rings is 1. The molecule has 4 nitrogen and oxygen atoms in total. The first-order valence-electron chi connectivity index (χ1n) is 5.51. The zero-order valence-corrected chi connectivity index (χ0v) is 12.4. The molecule has 0 radical (unpaired) electrons. The van der Waals surface area contributed by atoms with E-state index in [1.54, 1.807) is 35.7 Å². The maximum absolute atomic E-state index is 11.6. The summed E-state index contributed by atoms with van der Waals surface area (Å²) >= 11 is 12.9. The minimum atomic E-state index is -0.528. The van der Waals surface area contributed by atoms with E-state index in [0.717, 1.165) is 0 Å². The fourth-order valence-electron chi connectivity index (χ4n) is 1.42. The Morgan fingerprint density at radius 2 is 1.90 bits per heavy atom. The molecule has 0 aliphatic heterocycles. The van der Waals surface area contributed by atoms with Crippen molar-refractivity contribution in [2.24, 2.45) is 0 Å². The quantitative estimate of drug-likeness (QED) is 0.867. The molecular weight excluding hydrogens is 321 g/mol. The molecule has 2 rings (SSSR count). The molecular formula is C13H9Cl2NO3S. The Labute approximate surface area is 129 Å². The Morgan fingerprint density at radius 1 is 1.20 bits per heavy atom. The van der Waals surface area contributed by atoms with Gasteiger partial charge in [-0.05, 0) is 29.6 Å². The molecule has 1 aromatic heterocycles. The maximum atomic E-state index is 11.6. The lowest BCUT2D eigenvalue weighted by Crippen LogP contribution is -2.20. The van der Waals surface area contributed by atoms with Crippen molar-refractivity contribution in [2.45, 2.75) is 0 Å². The Balaban J connectivity index is 1.88. The lowest BCUT2D eigenvalue weighted by Gasteiger charge is -2.06. The number of rotatable bonds is 4. The second-order valence-corrected chi connectivity index (χ2v) is 5.58. The van der Waals surface area contributed by atoms with Gasteiger partial charge in [-0.15, -0.1) is 11.3 Å². The molecule has 7 heteroatoms. The van der Waals surface area contributed by atoms with E-state index in [2.05, 4.69) is 5.32 Å². The first-order valence-corrected chi connectivity index (χ1v) is 7.15. The summed E-state index contributed by atoms with van der Waals surface area (Å²) in [7, 11) is 0. The van der Waals surface area contributed by atoms with E-state index >= 15 is 0 Å². The van der Waals surface area contributed by atoms with Gasteiger partial charge in [-0.2, -0.15) is 0 Å². The summed E-state index contributed by atoms with van der Waals surface area (Å²) in [5.41, 5.74) is 0.444. The van der Waals surface area contributed by atoms with E-state index in [1.807, 2.05) is 0 Å². The molecule has 1 N–H and O–H groups in total. The molecule has 0 aliphatic carbocycles. The highest BCUT2D eigenvalue weighted by Crippen LogP contribution is 2.22. The molecule has 1 aromatic carbocycles. The van der Waals surface area contributed by atoms with Crippen LogP contribution in [0.5, 0.6) is 0 Å². The van der Waals surface area contributed by atoms with E-state index in [4.69, 9.17) is 27.9 Å². The van der Waals surface area contributed by atoms with Crippen molar-refractivity contribution < 1.29 is 14.3 Å². The number of carbonyl (C=O) groups excluding carboxylic acids is 2. The van der Waals surface area contributed by atoms with Crippen LogP contribution in [0.15, 0.2) is 35.7 Å². The topological polar surface area (TPSA) is 55.4 Å². The van der Waals surface area contributed by atoms with E-state index in [0.29, 0.717) is 20.6 Å². The predicted octanol–water partition coefficient (Wildman–Crippen LogP) is 3.85. The molecule has 20 heavy (non-hydrogen) atoms. The van der Waals surface area contributed by atoms with Crippen LogP contribution < -0.4 is 5.32 Å². The van der Waals surface area contributed by atoms with Crippen LogP contribution in [0.25, 0.3) is 0 Å². The average Bonchev–Trinajstić information content (AvgIpc) is 2.88. The van der Waals surface area contributed by atoms with Crippen LogP contribution >= 0.6 is 34.5 Å². The van der Waals surface area contributed by atoms with Crippen LogP contribution in [0.2, 0.25) is 10.0 Å². The highest BCUT2D eigenvalue weighted by Gasteiger charge is 2.11. The minimum absolute atomic E-state index is 0.374. The molecule has 0 saturated heterocycles. The van der Waals surface area contributed by atoms with Crippen LogP contribution in [0.4, 0.5) is 5.69 Å². The predicted molar refractivity (Wildman–Crippen MR) is 79.7 cm³/mol. The molecule has 0 saturated carbocycles. The van der Waals surface area contributed by atoms with Gasteiger partial charge in [-0.3, -0.25) is 4.79 Å². The number of nitrogens with one attached hydrogen (secondary N) is 1. The lowest BCUT2D eigenvalue weighted by molar-refractivity contribution is -0.119. The first kappa shape index (κ1) is 14.8. The van der Waals surface area contributed by atoms with Gasteiger partial charge in [0, 0.05) is 15.7 Å². The van der Waals surface area contributed by atoms with E-state index in [9.17, 15) is 9.59 Å². The Morgan fingerprint density at radius 3 is 2.50 bits per heavy atom. The summed E-state index contributed by atoms with van der Waals surface area (Å²) in [5.74, 6) is -0.993. The van der Waals surface area contributed by atoms with Crippen molar-refractivity contribution in [1.82, 2.24) is 0 Å². The van der Waals surface area contributed by atoms with Crippen molar-refractivity contribution in [3.63, 3.8) is 0 Å². The Bertz CT molecular complexity index is 608. The van der Waals surface area contributed by atoms with E-state index in [1.165, 1.54) is 11.3 Å². The fourth-order valence-corrected chi connectivity index (χ4v) is 2.56. The number of hydrogen-bond donors (Lipinski definition) is 1. The van der Waals surface area contributed by atoms with Crippen molar-refractivity contribution in [3.05, 3.63) is 50.6 Å². The third kappa shape index (κ3) is 4.23. The van der Waals surface area contributed by atoms with Gasteiger partial charge in [0.1, 0.15) is 4.88 Å². The molecule has 0 spiro atoms. The van der Waals surface area contributed by atoms with Gasteiger partial charge in [0.2, 0.25) is 0 Å². The maximum Gasteiger partial charge on any atom is 0.348 e. The molecule has 0 bridgehead atoms. The zero-order chi connectivity index (χ0) is 14.5. The number of carbonyl (C=O) groups is 2. The summed E-state index contributed by atoms with van der Waals surface area (Å²) in [5, 5.41) is 5.11. The molecule has 0 fully saturated rings. The summed E-state index contributed by atoms with van der Waals surface area (Å²) in [4.78, 5) is 23.6. The Hall–Kier alpha value is -1.56. The second kappa shape index (κ2) is 6.74. The van der Waals surface area contributed by atoms with Crippen LogP contribution in [-0.2, 0) is 9.53 Å². The summed E-state index contributed by atoms with van der Waals surface area (Å²) in [6.07, 6.45) is 0. The molecule has 1 amide bonds. The lowest BCUT2D eigenvalue weighted by atomic mass is 10.3. The number of amides is 1. The van der Waals surface area contributed by atoms with Crippen LogP contribution in [0.1, 0.15) is 9.67 Å². The van der Waals surface area contributed by atoms with Gasteiger partial charge in [0.15, 0.2) is 6.61 Å². The summed E-state index contributed by atoms with van der Waals surface area (Å²) < 4.78 is 4.87. The Kier molecular flexibility index (Phi) is 5.00. The number of halogens is 2. The van der Waals surface area contributed by atoms with Gasteiger partial charge in [0.05, 0.1) is 0 Å². The molecule has 2 aromatic rings. The summed E-state index contributed by atoms with van der Waals surface area (Å²) in [6, 6.07) is 8.01.